The van der Waals surface area contributed by atoms with E-state index in [1.807, 2.05) is 34.6 Å². The Morgan fingerprint density at radius 1 is 1.06 bits per heavy atom. The summed E-state index contributed by atoms with van der Waals surface area (Å²) < 4.78 is 5.45. The molecule has 2 heterocycles. The number of rotatable bonds is 4. The first-order chi connectivity index (χ1) is 14.5. The van der Waals surface area contributed by atoms with Crippen LogP contribution in [0, 0.1) is 20.8 Å². The normalized spacial score (nSPS) is 15.0. The smallest absolute Gasteiger partial charge is 0.410 e. The number of carbonyl (C=O) groups is 1. The van der Waals surface area contributed by atoms with Crippen LogP contribution in [-0.2, 0) is 4.74 Å². The number of anilines is 3. The molecular formula is C22H31ClN6O2. The molecule has 2 aromatic rings. The number of halogens is 1. The van der Waals surface area contributed by atoms with Gasteiger partial charge in [0.1, 0.15) is 5.60 Å². The topological polar surface area (TPSA) is 92.3 Å². The number of nitrogens with one attached hydrogen (secondary N) is 2. The number of ether oxygens (including phenoxy) is 1. The highest BCUT2D eigenvalue weighted by Crippen LogP contribution is 2.25. The molecule has 1 aliphatic rings. The van der Waals surface area contributed by atoms with Crippen LogP contribution < -0.4 is 10.6 Å². The van der Waals surface area contributed by atoms with E-state index in [0.29, 0.717) is 25.0 Å². The zero-order chi connectivity index (χ0) is 22.8. The lowest BCUT2D eigenvalue weighted by atomic mass is 10.1. The van der Waals surface area contributed by atoms with E-state index in [9.17, 15) is 4.79 Å². The third kappa shape index (κ3) is 6.43. The Morgan fingerprint density at radius 3 is 2.23 bits per heavy atom. The maximum absolute atomic E-state index is 12.2. The Morgan fingerprint density at radius 2 is 1.65 bits per heavy atom. The van der Waals surface area contributed by atoms with Crippen molar-refractivity contribution in [3.63, 3.8) is 0 Å². The maximum Gasteiger partial charge on any atom is 0.410 e. The molecular weight excluding hydrogens is 416 g/mol. The van der Waals surface area contributed by atoms with Crippen molar-refractivity contribution in [1.29, 1.82) is 0 Å². The highest BCUT2D eigenvalue weighted by molar-refractivity contribution is 6.28. The second-order valence-electron chi connectivity index (χ2n) is 9.04. The lowest BCUT2D eigenvalue weighted by Gasteiger charge is -2.33. The highest BCUT2D eigenvalue weighted by atomic mass is 35.5. The van der Waals surface area contributed by atoms with Gasteiger partial charge in [-0.2, -0.15) is 15.0 Å². The molecule has 1 aromatic carbocycles. The largest absolute Gasteiger partial charge is 0.444 e. The second kappa shape index (κ2) is 9.26. The van der Waals surface area contributed by atoms with Crippen LogP contribution in [0.25, 0.3) is 0 Å². The van der Waals surface area contributed by atoms with E-state index in [2.05, 4.69) is 44.6 Å². The minimum Gasteiger partial charge on any atom is -0.444 e. The van der Waals surface area contributed by atoms with Crippen molar-refractivity contribution >= 4 is 35.3 Å². The number of aromatic nitrogens is 3. The molecule has 0 unspecified atom stereocenters. The number of hydrogen-bond acceptors (Lipinski definition) is 7. The van der Waals surface area contributed by atoms with Crippen LogP contribution in [-0.4, -0.2) is 50.7 Å². The van der Waals surface area contributed by atoms with E-state index in [0.717, 1.165) is 29.7 Å². The Hall–Kier alpha value is -2.61. The molecule has 8 nitrogen and oxygen atoms in total. The first-order valence-corrected chi connectivity index (χ1v) is 10.9. The van der Waals surface area contributed by atoms with Gasteiger partial charge in [-0.25, -0.2) is 4.79 Å². The van der Waals surface area contributed by atoms with Crippen molar-refractivity contribution in [3.8, 4) is 0 Å². The molecule has 0 saturated carbocycles. The quantitative estimate of drug-likeness (QED) is 0.682. The number of likely N-dealkylation sites (tertiary alicyclic amines) is 1. The predicted molar refractivity (Wildman–Crippen MR) is 123 cm³/mol. The molecule has 9 heteroatoms. The molecule has 31 heavy (non-hydrogen) atoms. The van der Waals surface area contributed by atoms with Gasteiger partial charge >= 0.3 is 6.09 Å². The van der Waals surface area contributed by atoms with Crippen LogP contribution >= 0.6 is 11.6 Å². The summed E-state index contributed by atoms with van der Waals surface area (Å²) in [5.41, 5.74) is 3.89. The van der Waals surface area contributed by atoms with E-state index < -0.39 is 5.60 Å². The Kier molecular flexibility index (Phi) is 6.89. The van der Waals surface area contributed by atoms with Crippen LogP contribution in [0.5, 0.6) is 0 Å². The van der Waals surface area contributed by atoms with Gasteiger partial charge in [-0.1, -0.05) is 17.7 Å². The van der Waals surface area contributed by atoms with Crippen molar-refractivity contribution in [2.45, 2.75) is 66.0 Å². The average Bonchev–Trinajstić information content (AvgIpc) is 2.63. The number of benzene rings is 1. The summed E-state index contributed by atoms with van der Waals surface area (Å²) in [7, 11) is 0. The molecule has 1 amide bonds. The van der Waals surface area contributed by atoms with Crippen molar-refractivity contribution in [2.24, 2.45) is 0 Å². The molecule has 0 radical (unpaired) electrons. The summed E-state index contributed by atoms with van der Waals surface area (Å²) in [5.74, 6) is 0.810. The lowest BCUT2D eigenvalue weighted by Crippen LogP contribution is -2.44. The molecule has 0 atom stereocenters. The summed E-state index contributed by atoms with van der Waals surface area (Å²) >= 11 is 6.15. The molecule has 3 rings (SSSR count). The van der Waals surface area contributed by atoms with Gasteiger partial charge in [-0.3, -0.25) is 0 Å². The Bertz CT molecular complexity index is 928. The SMILES string of the molecule is Cc1cc(C)c(Nc2nc(Cl)nc(NC3CCN(C(=O)OC(C)(C)C)CC3)n2)c(C)c1. The fourth-order valence-electron chi connectivity index (χ4n) is 3.67. The molecule has 1 fully saturated rings. The zero-order valence-corrected chi connectivity index (χ0v) is 19.8. The molecule has 1 aliphatic heterocycles. The number of hydrogen-bond donors (Lipinski definition) is 2. The van der Waals surface area contributed by atoms with Gasteiger partial charge in [0.25, 0.3) is 0 Å². The fourth-order valence-corrected chi connectivity index (χ4v) is 3.84. The van der Waals surface area contributed by atoms with Crippen LogP contribution in [0.1, 0.15) is 50.3 Å². The third-order valence-electron chi connectivity index (χ3n) is 5.00. The Labute approximate surface area is 188 Å². The third-order valence-corrected chi connectivity index (χ3v) is 5.17. The number of piperidine rings is 1. The molecule has 0 aliphatic carbocycles. The van der Waals surface area contributed by atoms with E-state index in [-0.39, 0.29) is 17.4 Å². The molecule has 0 spiro atoms. The van der Waals surface area contributed by atoms with Crippen LogP contribution in [0.4, 0.5) is 22.4 Å². The molecule has 1 aromatic heterocycles. The van der Waals surface area contributed by atoms with Crippen molar-refractivity contribution < 1.29 is 9.53 Å². The maximum atomic E-state index is 12.2. The van der Waals surface area contributed by atoms with Gasteiger partial charge < -0.3 is 20.3 Å². The van der Waals surface area contributed by atoms with Gasteiger partial charge in [-0.05, 0) is 77.1 Å². The fraction of sp³-hybridized carbons (Fsp3) is 0.545. The number of carbonyl (C=O) groups excluding carboxylic acids is 1. The van der Waals surface area contributed by atoms with E-state index in [4.69, 9.17) is 16.3 Å². The minimum atomic E-state index is -0.495. The van der Waals surface area contributed by atoms with E-state index in [1.165, 1.54) is 5.56 Å². The average molecular weight is 447 g/mol. The zero-order valence-electron chi connectivity index (χ0n) is 19.0. The standard InChI is InChI=1S/C22H31ClN6O2/c1-13-11-14(2)17(15(3)12-13)25-20-27-18(23)26-19(28-20)24-16-7-9-29(10-8-16)21(30)31-22(4,5)6/h11-12,16H,7-10H2,1-6H3,(H2,24,25,26,27,28). The molecule has 168 valence electrons. The van der Waals surface area contributed by atoms with Crippen molar-refractivity contribution in [2.75, 3.05) is 23.7 Å². The second-order valence-corrected chi connectivity index (χ2v) is 9.37. The predicted octanol–water partition coefficient (Wildman–Crippen LogP) is 5.01. The molecule has 2 N–H and O–H groups in total. The van der Waals surface area contributed by atoms with Crippen LogP contribution in [0.3, 0.4) is 0 Å². The monoisotopic (exact) mass is 446 g/mol. The molecule has 1 saturated heterocycles. The van der Waals surface area contributed by atoms with Crippen LogP contribution in [0.15, 0.2) is 12.1 Å². The number of nitrogens with zero attached hydrogens (tertiary/aromatic N) is 4. The Balaban J connectivity index is 1.64. The highest BCUT2D eigenvalue weighted by Gasteiger charge is 2.27. The lowest BCUT2D eigenvalue weighted by molar-refractivity contribution is 0.0210. The van der Waals surface area contributed by atoms with Gasteiger partial charge in [0.15, 0.2) is 0 Å². The summed E-state index contributed by atoms with van der Waals surface area (Å²) in [6.07, 6.45) is 1.26. The first kappa shape index (κ1) is 23.1. The summed E-state index contributed by atoms with van der Waals surface area (Å²) in [6.45, 7) is 13.0. The number of amides is 1. The summed E-state index contributed by atoms with van der Waals surface area (Å²) in [4.78, 5) is 26.9. The summed E-state index contributed by atoms with van der Waals surface area (Å²) in [5, 5.41) is 6.72. The summed E-state index contributed by atoms with van der Waals surface area (Å²) in [6, 6.07) is 4.35. The van der Waals surface area contributed by atoms with Crippen molar-refractivity contribution in [1.82, 2.24) is 19.9 Å². The van der Waals surface area contributed by atoms with Crippen molar-refractivity contribution in [3.05, 3.63) is 34.1 Å². The van der Waals surface area contributed by atoms with Gasteiger partial charge in [0, 0.05) is 24.8 Å². The number of aryl methyl sites for hydroxylation is 3. The van der Waals surface area contributed by atoms with E-state index >= 15 is 0 Å². The van der Waals surface area contributed by atoms with Gasteiger partial charge in [-0.15, -0.1) is 0 Å². The van der Waals surface area contributed by atoms with Gasteiger partial charge in [0.2, 0.25) is 17.2 Å². The first-order valence-electron chi connectivity index (χ1n) is 10.5. The van der Waals surface area contributed by atoms with E-state index in [1.54, 1.807) is 4.90 Å². The minimum absolute atomic E-state index is 0.119. The van der Waals surface area contributed by atoms with Gasteiger partial charge in [0.05, 0.1) is 0 Å². The molecule has 0 bridgehead atoms. The van der Waals surface area contributed by atoms with Crippen LogP contribution in [0.2, 0.25) is 5.28 Å².